The van der Waals surface area contributed by atoms with Crippen LogP contribution in [0.4, 0.5) is 5.69 Å². The van der Waals surface area contributed by atoms with Crippen molar-refractivity contribution in [1.82, 2.24) is 19.6 Å². The lowest BCUT2D eigenvalue weighted by Crippen LogP contribution is -2.19. The fourth-order valence-electron chi connectivity index (χ4n) is 1.62. The SMILES string of the molecule is Cc1nn(C)cc1NC(=O)Cn1cc(C(=O)O)cn1. The zero-order valence-electron chi connectivity index (χ0n) is 10.5. The minimum atomic E-state index is -1.07. The highest BCUT2D eigenvalue weighted by atomic mass is 16.4. The van der Waals surface area contributed by atoms with E-state index < -0.39 is 5.97 Å². The lowest BCUT2D eigenvalue weighted by Gasteiger charge is -2.03. The molecule has 19 heavy (non-hydrogen) atoms. The van der Waals surface area contributed by atoms with Gasteiger partial charge in [0.1, 0.15) is 6.54 Å². The van der Waals surface area contributed by atoms with Crippen molar-refractivity contribution in [3.05, 3.63) is 29.8 Å². The van der Waals surface area contributed by atoms with Crippen molar-refractivity contribution in [2.75, 3.05) is 5.32 Å². The Morgan fingerprint density at radius 2 is 2.16 bits per heavy atom. The van der Waals surface area contributed by atoms with E-state index in [4.69, 9.17) is 5.11 Å². The molecule has 2 rings (SSSR count). The maximum absolute atomic E-state index is 11.8. The quantitative estimate of drug-likeness (QED) is 0.823. The topological polar surface area (TPSA) is 102 Å². The summed E-state index contributed by atoms with van der Waals surface area (Å²) in [6.45, 7) is 1.73. The molecular weight excluding hydrogens is 250 g/mol. The summed E-state index contributed by atoms with van der Waals surface area (Å²) in [5, 5.41) is 19.3. The number of anilines is 1. The summed E-state index contributed by atoms with van der Waals surface area (Å²) >= 11 is 0. The van der Waals surface area contributed by atoms with E-state index in [-0.39, 0.29) is 18.0 Å². The van der Waals surface area contributed by atoms with E-state index in [1.165, 1.54) is 17.1 Å². The summed E-state index contributed by atoms with van der Waals surface area (Å²) in [7, 11) is 1.76. The van der Waals surface area contributed by atoms with Gasteiger partial charge < -0.3 is 10.4 Å². The number of nitrogens with one attached hydrogen (secondary N) is 1. The maximum atomic E-state index is 11.8. The molecule has 0 unspecified atom stereocenters. The minimum absolute atomic E-state index is 0.0466. The van der Waals surface area contributed by atoms with Crippen LogP contribution in [0.3, 0.4) is 0 Å². The van der Waals surface area contributed by atoms with Gasteiger partial charge in [0.05, 0.1) is 23.1 Å². The monoisotopic (exact) mass is 263 g/mol. The Hall–Kier alpha value is -2.64. The molecule has 0 aromatic carbocycles. The van der Waals surface area contributed by atoms with E-state index in [1.54, 1.807) is 24.9 Å². The van der Waals surface area contributed by atoms with Crippen molar-refractivity contribution in [3.63, 3.8) is 0 Å². The van der Waals surface area contributed by atoms with Gasteiger partial charge in [0.25, 0.3) is 0 Å². The van der Waals surface area contributed by atoms with Crippen LogP contribution < -0.4 is 5.32 Å². The van der Waals surface area contributed by atoms with Crippen molar-refractivity contribution < 1.29 is 14.7 Å². The molecule has 2 aromatic rings. The molecule has 8 nitrogen and oxygen atoms in total. The van der Waals surface area contributed by atoms with Gasteiger partial charge >= 0.3 is 5.97 Å². The molecule has 2 aromatic heterocycles. The molecule has 0 fully saturated rings. The molecular formula is C11H13N5O3. The van der Waals surface area contributed by atoms with Gasteiger partial charge in [0.2, 0.25) is 5.91 Å². The zero-order chi connectivity index (χ0) is 14.0. The molecule has 0 saturated heterocycles. The van der Waals surface area contributed by atoms with Crippen LogP contribution in [0, 0.1) is 6.92 Å². The Balaban J connectivity index is 2.01. The van der Waals surface area contributed by atoms with Crippen molar-refractivity contribution in [1.29, 1.82) is 0 Å². The first-order valence-corrected chi connectivity index (χ1v) is 5.51. The largest absolute Gasteiger partial charge is 0.478 e. The fraction of sp³-hybridized carbons (Fsp3) is 0.273. The van der Waals surface area contributed by atoms with Crippen LogP contribution in [0.25, 0.3) is 0 Å². The maximum Gasteiger partial charge on any atom is 0.338 e. The number of carboxylic acid groups (broad SMARTS) is 1. The van der Waals surface area contributed by atoms with Gasteiger partial charge in [0, 0.05) is 19.4 Å². The highest BCUT2D eigenvalue weighted by Crippen LogP contribution is 2.11. The van der Waals surface area contributed by atoms with E-state index >= 15 is 0 Å². The van der Waals surface area contributed by atoms with Gasteiger partial charge in [-0.3, -0.25) is 14.2 Å². The van der Waals surface area contributed by atoms with Crippen LogP contribution in [0.2, 0.25) is 0 Å². The van der Waals surface area contributed by atoms with Crippen LogP contribution in [0.15, 0.2) is 18.6 Å². The summed E-state index contributed by atoms with van der Waals surface area (Å²) in [4.78, 5) is 22.4. The van der Waals surface area contributed by atoms with Crippen molar-refractivity contribution in [3.8, 4) is 0 Å². The average molecular weight is 263 g/mol. The van der Waals surface area contributed by atoms with Gasteiger partial charge in [-0.05, 0) is 6.92 Å². The molecule has 2 heterocycles. The number of carboxylic acids is 1. The number of aryl methyl sites for hydroxylation is 2. The number of nitrogens with zero attached hydrogens (tertiary/aromatic N) is 4. The second-order valence-corrected chi connectivity index (χ2v) is 4.08. The molecule has 1 amide bonds. The summed E-state index contributed by atoms with van der Waals surface area (Å²) in [6.07, 6.45) is 4.20. The summed E-state index contributed by atoms with van der Waals surface area (Å²) in [5.74, 6) is -1.37. The smallest absolute Gasteiger partial charge is 0.338 e. The van der Waals surface area contributed by atoms with Gasteiger partial charge in [-0.15, -0.1) is 0 Å². The minimum Gasteiger partial charge on any atom is -0.478 e. The standard InChI is InChI=1S/C11H13N5O3/c1-7-9(5-15(2)14-7)13-10(17)6-16-4-8(3-12-16)11(18)19/h3-5H,6H2,1-2H3,(H,13,17)(H,18,19). The molecule has 0 bridgehead atoms. The Labute approximate surface area is 108 Å². The lowest BCUT2D eigenvalue weighted by molar-refractivity contribution is -0.116. The molecule has 0 spiro atoms. The lowest BCUT2D eigenvalue weighted by atomic mass is 10.4. The number of hydrogen-bond donors (Lipinski definition) is 2. The first kappa shape index (κ1) is 12.8. The van der Waals surface area contributed by atoms with Crippen LogP contribution >= 0.6 is 0 Å². The number of aromatic carboxylic acids is 1. The van der Waals surface area contributed by atoms with Crippen molar-refractivity contribution in [2.24, 2.45) is 7.05 Å². The summed E-state index contributed by atoms with van der Waals surface area (Å²) in [6, 6.07) is 0. The van der Waals surface area contributed by atoms with E-state index in [0.717, 1.165) is 0 Å². The van der Waals surface area contributed by atoms with Gasteiger partial charge in [-0.2, -0.15) is 10.2 Å². The van der Waals surface area contributed by atoms with E-state index in [2.05, 4.69) is 15.5 Å². The Morgan fingerprint density at radius 3 is 2.68 bits per heavy atom. The Kier molecular flexibility index (Phi) is 3.32. The highest BCUT2D eigenvalue weighted by Gasteiger charge is 2.11. The van der Waals surface area contributed by atoms with Gasteiger partial charge in [0.15, 0.2) is 0 Å². The van der Waals surface area contributed by atoms with E-state index in [1.807, 2.05) is 0 Å². The molecule has 2 N–H and O–H groups in total. The zero-order valence-corrected chi connectivity index (χ0v) is 10.5. The normalized spacial score (nSPS) is 10.4. The molecule has 0 aliphatic carbocycles. The summed E-state index contributed by atoms with van der Waals surface area (Å²) in [5.41, 5.74) is 1.38. The fourth-order valence-corrected chi connectivity index (χ4v) is 1.62. The number of aromatic nitrogens is 4. The Bertz CT molecular complexity index is 628. The predicted octanol–water partition coefficient (Wildman–Crippen LogP) is 0.262. The summed E-state index contributed by atoms with van der Waals surface area (Å²) < 4.78 is 2.87. The number of hydrogen-bond acceptors (Lipinski definition) is 4. The first-order valence-electron chi connectivity index (χ1n) is 5.51. The van der Waals surface area contributed by atoms with Crippen LogP contribution in [0.5, 0.6) is 0 Å². The number of carbonyl (C=O) groups is 2. The molecule has 0 aliphatic heterocycles. The van der Waals surface area contributed by atoms with Crippen LogP contribution in [-0.4, -0.2) is 36.5 Å². The molecule has 100 valence electrons. The highest BCUT2D eigenvalue weighted by molar-refractivity contribution is 5.91. The average Bonchev–Trinajstić information content (AvgIpc) is 2.87. The molecule has 8 heteroatoms. The van der Waals surface area contributed by atoms with Gasteiger partial charge in [-0.25, -0.2) is 4.79 Å². The molecule has 0 atom stereocenters. The third kappa shape index (κ3) is 2.97. The number of carbonyl (C=O) groups excluding carboxylic acids is 1. The second-order valence-electron chi connectivity index (χ2n) is 4.08. The van der Waals surface area contributed by atoms with Crippen molar-refractivity contribution in [2.45, 2.75) is 13.5 Å². The molecule has 0 aliphatic rings. The predicted molar refractivity (Wildman–Crippen MR) is 65.8 cm³/mol. The van der Waals surface area contributed by atoms with Crippen LogP contribution in [-0.2, 0) is 18.4 Å². The van der Waals surface area contributed by atoms with Gasteiger partial charge in [-0.1, -0.05) is 0 Å². The van der Waals surface area contributed by atoms with Crippen molar-refractivity contribution >= 4 is 17.6 Å². The number of amides is 1. The van der Waals surface area contributed by atoms with E-state index in [9.17, 15) is 9.59 Å². The van der Waals surface area contributed by atoms with Crippen LogP contribution in [0.1, 0.15) is 16.1 Å². The molecule has 0 saturated carbocycles. The second kappa shape index (κ2) is 4.92. The van der Waals surface area contributed by atoms with E-state index in [0.29, 0.717) is 11.4 Å². The Morgan fingerprint density at radius 1 is 1.42 bits per heavy atom. The third-order valence-electron chi connectivity index (χ3n) is 2.47. The third-order valence-corrected chi connectivity index (χ3v) is 2.47. The first-order chi connectivity index (χ1) is 8.95. The number of rotatable bonds is 4. The molecule has 0 radical (unpaired) electrons.